The predicted octanol–water partition coefficient (Wildman–Crippen LogP) is 4.97. The van der Waals surface area contributed by atoms with Gasteiger partial charge >= 0.3 is 0 Å². The van der Waals surface area contributed by atoms with Gasteiger partial charge in [-0.05, 0) is 30.0 Å². The summed E-state index contributed by atoms with van der Waals surface area (Å²) in [5.41, 5.74) is 1.89. The lowest BCUT2D eigenvalue weighted by atomic mass is 10.1. The minimum atomic E-state index is -0.917. The number of nitrogens with one attached hydrogen (secondary N) is 1. The first kappa shape index (κ1) is 13.5. The van der Waals surface area contributed by atoms with Crippen molar-refractivity contribution in [2.24, 2.45) is 0 Å². The van der Waals surface area contributed by atoms with E-state index in [1.54, 1.807) is 0 Å². The number of fused-ring (bicyclic) bond motifs is 1. The Hall–Kier alpha value is -1.49. The van der Waals surface area contributed by atoms with Crippen LogP contribution in [0.3, 0.4) is 0 Å². The summed E-state index contributed by atoms with van der Waals surface area (Å²) in [6.07, 6.45) is 1.58. The fraction of sp³-hybridized carbons (Fsp3) is 0.200. The standard InChI is InChI=1S/C15H11BrF3N/c16-11-3-1-2-10-9(11)4-5-14(10)20-15-12(18)6-8(17)7-13(15)19/h1-3,6-7,14,20H,4-5H2. The van der Waals surface area contributed by atoms with Gasteiger partial charge in [0.05, 0.1) is 6.04 Å². The fourth-order valence-electron chi connectivity index (χ4n) is 2.61. The molecule has 0 saturated carbocycles. The maximum absolute atomic E-state index is 13.7. The second kappa shape index (κ2) is 5.13. The van der Waals surface area contributed by atoms with Gasteiger partial charge in [0.25, 0.3) is 0 Å². The van der Waals surface area contributed by atoms with Crippen LogP contribution in [0.15, 0.2) is 34.8 Å². The summed E-state index contributed by atoms with van der Waals surface area (Å²) in [4.78, 5) is 0. The average Bonchev–Trinajstić information content (AvgIpc) is 2.78. The van der Waals surface area contributed by atoms with Gasteiger partial charge in [-0.1, -0.05) is 28.1 Å². The van der Waals surface area contributed by atoms with Crippen LogP contribution in [0, 0.1) is 17.5 Å². The number of hydrogen-bond acceptors (Lipinski definition) is 1. The molecule has 1 aliphatic rings. The van der Waals surface area contributed by atoms with Gasteiger partial charge in [0, 0.05) is 16.6 Å². The van der Waals surface area contributed by atoms with Crippen LogP contribution in [-0.4, -0.2) is 0 Å². The van der Waals surface area contributed by atoms with Crippen LogP contribution in [-0.2, 0) is 6.42 Å². The highest BCUT2D eigenvalue weighted by Crippen LogP contribution is 2.38. The SMILES string of the molecule is Fc1cc(F)c(NC2CCc3c(Br)cccc32)c(F)c1. The minimum absolute atomic E-state index is 0.169. The molecule has 0 radical (unpaired) electrons. The molecular formula is C15H11BrF3N. The molecule has 0 fully saturated rings. The maximum Gasteiger partial charge on any atom is 0.152 e. The lowest BCUT2D eigenvalue weighted by Crippen LogP contribution is -2.10. The summed E-state index contributed by atoms with van der Waals surface area (Å²) in [6.45, 7) is 0. The molecule has 1 atom stereocenters. The quantitative estimate of drug-likeness (QED) is 0.813. The molecule has 2 aromatic carbocycles. The second-order valence-corrected chi connectivity index (χ2v) is 5.64. The lowest BCUT2D eigenvalue weighted by Gasteiger charge is -2.17. The molecular weight excluding hydrogens is 331 g/mol. The van der Waals surface area contributed by atoms with Crippen LogP contribution in [0.5, 0.6) is 0 Å². The summed E-state index contributed by atoms with van der Waals surface area (Å²) >= 11 is 3.47. The predicted molar refractivity (Wildman–Crippen MR) is 75.1 cm³/mol. The van der Waals surface area contributed by atoms with Crippen molar-refractivity contribution in [2.75, 3.05) is 5.32 Å². The first-order chi connectivity index (χ1) is 9.56. The van der Waals surface area contributed by atoms with Crippen LogP contribution in [0.2, 0.25) is 0 Å². The van der Waals surface area contributed by atoms with Gasteiger partial charge in [-0.3, -0.25) is 0 Å². The van der Waals surface area contributed by atoms with Gasteiger partial charge < -0.3 is 5.32 Å². The van der Waals surface area contributed by atoms with E-state index in [4.69, 9.17) is 0 Å². The minimum Gasteiger partial charge on any atom is -0.373 e. The number of halogens is 4. The van der Waals surface area contributed by atoms with Crippen LogP contribution in [0.1, 0.15) is 23.6 Å². The van der Waals surface area contributed by atoms with E-state index in [0.29, 0.717) is 12.1 Å². The molecule has 104 valence electrons. The first-order valence-electron chi connectivity index (χ1n) is 6.24. The van der Waals surface area contributed by atoms with E-state index in [2.05, 4.69) is 21.2 Å². The van der Waals surface area contributed by atoms with E-state index in [0.717, 1.165) is 28.4 Å². The topological polar surface area (TPSA) is 12.0 Å². The highest BCUT2D eigenvalue weighted by atomic mass is 79.9. The van der Waals surface area contributed by atoms with E-state index in [1.807, 2.05) is 18.2 Å². The smallest absolute Gasteiger partial charge is 0.152 e. The van der Waals surface area contributed by atoms with Crippen molar-refractivity contribution in [1.29, 1.82) is 0 Å². The van der Waals surface area contributed by atoms with Crippen LogP contribution in [0.4, 0.5) is 18.9 Å². The third-order valence-corrected chi connectivity index (χ3v) is 4.28. The van der Waals surface area contributed by atoms with Crippen molar-refractivity contribution in [3.05, 3.63) is 63.4 Å². The summed E-state index contributed by atoms with van der Waals surface area (Å²) in [5, 5.41) is 2.85. The molecule has 0 aliphatic heterocycles. The Bertz CT molecular complexity index is 649. The van der Waals surface area contributed by atoms with Crippen LogP contribution < -0.4 is 5.32 Å². The first-order valence-corrected chi connectivity index (χ1v) is 7.04. The van der Waals surface area contributed by atoms with Crippen molar-refractivity contribution in [2.45, 2.75) is 18.9 Å². The third-order valence-electron chi connectivity index (χ3n) is 3.54. The number of anilines is 1. The van der Waals surface area contributed by atoms with E-state index in [-0.39, 0.29) is 11.7 Å². The molecule has 1 N–H and O–H groups in total. The number of benzene rings is 2. The Kier molecular flexibility index (Phi) is 3.46. The molecule has 1 aliphatic carbocycles. The van der Waals surface area contributed by atoms with Crippen molar-refractivity contribution in [3.8, 4) is 0 Å². The number of rotatable bonds is 2. The van der Waals surface area contributed by atoms with Gasteiger partial charge in [0.15, 0.2) is 11.6 Å². The van der Waals surface area contributed by atoms with Crippen molar-refractivity contribution in [1.82, 2.24) is 0 Å². The summed E-state index contributed by atoms with van der Waals surface area (Å²) in [6, 6.07) is 6.96. The summed E-state index contributed by atoms with van der Waals surface area (Å²) in [5.74, 6) is -2.74. The Labute approximate surface area is 122 Å². The molecule has 2 aromatic rings. The maximum atomic E-state index is 13.7. The molecule has 1 nitrogen and oxygen atoms in total. The highest BCUT2D eigenvalue weighted by Gasteiger charge is 2.25. The number of hydrogen-bond donors (Lipinski definition) is 1. The van der Waals surface area contributed by atoms with Crippen molar-refractivity contribution in [3.63, 3.8) is 0 Å². The molecule has 3 rings (SSSR count). The van der Waals surface area contributed by atoms with Gasteiger partial charge in [0.2, 0.25) is 0 Å². The molecule has 0 spiro atoms. The Morgan fingerprint density at radius 3 is 2.50 bits per heavy atom. The van der Waals surface area contributed by atoms with Crippen molar-refractivity contribution >= 4 is 21.6 Å². The molecule has 20 heavy (non-hydrogen) atoms. The monoisotopic (exact) mass is 341 g/mol. The molecule has 1 unspecified atom stereocenters. The zero-order valence-electron chi connectivity index (χ0n) is 10.4. The highest BCUT2D eigenvalue weighted by molar-refractivity contribution is 9.10. The molecule has 0 bridgehead atoms. The zero-order chi connectivity index (χ0) is 14.3. The molecule has 0 heterocycles. The van der Waals surface area contributed by atoms with E-state index >= 15 is 0 Å². The lowest BCUT2D eigenvalue weighted by molar-refractivity contribution is 0.544. The van der Waals surface area contributed by atoms with E-state index in [1.165, 1.54) is 0 Å². The molecule has 0 aromatic heterocycles. The third kappa shape index (κ3) is 2.30. The zero-order valence-corrected chi connectivity index (χ0v) is 12.0. The second-order valence-electron chi connectivity index (χ2n) is 4.79. The Morgan fingerprint density at radius 2 is 1.80 bits per heavy atom. The van der Waals surface area contributed by atoms with Gasteiger partial charge in [0.1, 0.15) is 11.5 Å². The van der Waals surface area contributed by atoms with Gasteiger partial charge in [-0.25, -0.2) is 13.2 Å². The Morgan fingerprint density at radius 1 is 1.10 bits per heavy atom. The average molecular weight is 342 g/mol. The molecule has 0 amide bonds. The summed E-state index contributed by atoms with van der Waals surface area (Å²) in [7, 11) is 0. The van der Waals surface area contributed by atoms with Gasteiger partial charge in [-0.15, -0.1) is 0 Å². The fourth-order valence-corrected chi connectivity index (χ4v) is 3.19. The van der Waals surface area contributed by atoms with Gasteiger partial charge in [-0.2, -0.15) is 0 Å². The summed E-state index contributed by atoms with van der Waals surface area (Å²) < 4.78 is 41.2. The van der Waals surface area contributed by atoms with E-state index in [9.17, 15) is 13.2 Å². The molecule has 5 heteroatoms. The Balaban J connectivity index is 1.94. The normalized spacial score (nSPS) is 17.1. The van der Waals surface area contributed by atoms with E-state index < -0.39 is 17.5 Å². The van der Waals surface area contributed by atoms with Crippen molar-refractivity contribution < 1.29 is 13.2 Å². The van der Waals surface area contributed by atoms with Crippen LogP contribution in [0.25, 0.3) is 0 Å². The molecule has 0 saturated heterocycles. The van der Waals surface area contributed by atoms with Crippen LogP contribution >= 0.6 is 15.9 Å². The largest absolute Gasteiger partial charge is 0.373 e.